The van der Waals surface area contributed by atoms with Gasteiger partial charge in [0.15, 0.2) is 0 Å². The molecule has 1 aliphatic carbocycles. The molecule has 0 radical (unpaired) electrons. The molecule has 1 N–H and O–H groups in total. The molecule has 3 aromatic heterocycles. The normalized spacial score (nSPS) is 26.4. The highest BCUT2D eigenvalue weighted by Gasteiger charge is 2.32. The summed E-state index contributed by atoms with van der Waals surface area (Å²) in [6, 6.07) is 4.10. The van der Waals surface area contributed by atoms with Crippen LogP contribution >= 0.6 is 0 Å². The lowest BCUT2D eigenvalue weighted by Gasteiger charge is -2.33. The van der Waals surface area contributed by atoms with Crippen molar-refractivity contribution in [3.8, 4) is 0 Å². The minimum atomic E-state index is -3.15. The SMILES string of the molecule is CC1CCCN(S(=O)(=O)CC2CCC(c3nccc4cnc5[nH]ccc5c34)CC2)C1. The van der Waals surface area contributed by atoms with Crippen molar-refractivity contribution < 1.29 is 8.42 Å². The van der Waals surface area contributed by atoms with E-state index in [1.54, 1.807) is 4.31 Å². The van der Waals surface area contributed by atoms with Crippen LogP contribution in [0.3, 0.4) is 0 Å². The van der Waals surface area contributed by atoms with Gasteiger partial charge in [-0.1, -0.05) is 6.92 Å². The Labute approximate surface area is 178 Å². The Kier molecular flexibility index (Phi) is 5.27. The molecule has 4 heterocycles. The van der Waals surface area contributed by atoms with Crippen molar-refractivity contribution in [3.05, 3.63) is 36.4 Å². The summed E-state index contributed by atoms with van der Waals surface area (Å²) in [5.41, 5.74) is 2.04. The number of nitrogens with one attached hydrogen (secondary N) is 1. The molecule has 1 saturated carbocycles. The molecule has 2 aliphatic rings. The summed E-state index contributed by atoms with van der Waals surface area (Å²) in [5.74, 6) is 1.42. The van der Waals surface area contributed by atoms with Crippen molar-refractivity contribution in [3.63, 3.8) is 0 Å². The predicted molar refractivity (Wildman–Crippen MR) is 120 cm³/mol. The molecule has 7 heteroatoms. The Balaban J connectivity index is 1.31. The molecular weight excluding hydrogens is 396 g/mol. The Morgan fingerprint density at radius 3 is 2.77 bits per heavy atom. The van der Waals surface area contributed by atoms with Gasteiger partial charge in [-0.2, -0.15) is 0 Å². The fraction of sp³-hybridized carbons (Fsp3) is 0.565. The van der Waals surface area contributed by atoms with Crippen molar-refractivity contribution >= 4 is 31.8 Å². The van der Waals surface area contributed by atoms with Crippen LogP contribution in [0.25, 0.3) is 21.8 Å². The van der Waals surface area contributed by atoms with Gasteiger partial charge in [0.25, 0.3) is 0 Å². The lowest BCUT2D eigenvalue weighted by atomic mass is 9.80. The molecular formula is C23H30N4O2S. The first-order valence-electron chi connectivity index (χ1n) is 11.2. The van der Waals surface area contributed by atoms with Crippen LogP contribution in [0.1, 0.15) is 57.1 Å². The zero-order valence-corrected chi connectivity index (χ0v) is 18.4. The minimum Gasteiger partial charge on any atom is -0.346 e. The molecule has 1 saturated heterocycles. The first-order valence-corrected chi connectivity index (χ1v) is 12.8. The van der Waals surface area contributed by atoms with Gasteiger partial charge in [-0.05, 0) is 62.5 Å². The number of fused-ring (bicyclic) bond motifs is 3. The molecule has 3 aromatic rings. The van der Waals surface area contributed by atoms with E-state index in [0.717, 1.165) is 60.6 Å². The average Bonchev–Trinajstić information content (AvgIpc) is 3.23. The van der Waals surface area contributed by atoms with Crippen LogP contribution in [0.5, 0.6) is 0 Å². The molecule has 2 fully saturated rings. The molecule has 0 aromatic carbocycles. The lowest BCUT2D eigenvalue weighted by Crippen LogP contribution is -2.41. The summed E-state index contributed by atoms with van der Waals surface area (Å²) in [7, 11) is -3.15. The second-order valence-corrected chi connectivity index (χ2v) is 11.3. The summed E-state index contributed by atoms with van der Waals surface area (Å²) in [5, 5.41) is 3.44. The maximum Gasteiger partial charge on any atom is 0.214 e. The van der Waals surface area contributed by atoms with E-state index in [-0.39, 0.29) is 5.92 Å². The molecule has 1 atom stereocenters. The van der Waals surface area contributed by atoms with Crippen molar-refractivity contribution in [1.82, 2.24) is 19.3 Å². The van der Waals surface area contributed by atoms with E-state index >= 15 is 0 Å². The zero-order valence-electron chi connectivity index (χ0n) is 17.5. The molecule has 0 amide bonds. The third kappa shape index (κ3) is 3.73. The van der Waals surface area contributed by atoms with E-state index in [9.17, 15) is 8.42 Å². The summed E-state index contributed by atoms with van der Waals surface area (Å²) < 4.78 is 27.6. The first kappa shape index (κ1) is 19.9. The van der Waals surface area contributed by atoms with E-state index in [2.05, 4.69) is 23.0 Å². The fourth-order valence-corrected chi connectivity index (χ4v) is 7.44. The quantitative estimate of drug-likeness (QED) is 0.669. The maximum atomic E-state index is 12.9. The van der Waals surface area contributed by atoms with E-state index in [1.807, 2.05) is 24.7 Å². The van der Waals surface area contributed by atoms with E-state index < -0.39 is 10.0 Å². The second kappa shape index (κ2) is 7.93. The molecule has 1 unspecified atom stereocenters. The monoisotopic (exact) mass is 426 g/mol. The number of nitrogens with zero attached hydrogens (tertiary/aromatic N) is 3. The van der Waals surface area contributed by atoms with Crippen LogP contribution in [-0.2, 0) is 10.0 Å². The molecule has 0 spiro atoms. The van der Waals surface area contributed by atoms with Gasteiger partial charge in [0.2, 0.25) is 10.0 Å². The Bertz CT molecular complexity index is 1150. The number of aromatic nitrogens is 3. The molecule has 6 nitrogen and oxygen atoms in total. The minimum absolute atomic E-state index is 0.257. The van der Waals surface area contributed by atoms with Crippen LogP contribution < -0.4 is 0 Å². The summed E-state index contributed by atoms with van der Waals surface area (Å²) in [4.78, 5) is 12.5. The van der Waals surface area contributed by atoms with Crippen molar-refractivity contribution in [1.29, 1.82) is 0 Å². The molecule has 5 rings (SSSR count). The Hall–Kier alpha value is -1.99. The number of H-pyrrole nitrogens is 1. The number of hydrogen-bond donors (Lipinski definition) is 1. The summed E-state index contributed by atoms with van der Waals surface area (Å²) in [6.07, 6.45) is 11.7. The van der Waals surface area contributed by atoms with Gasteiger partial charge >= 0.3 is 0 Å². The van der Waals surface area contributed by atoms with E-state index in [4.69, 9.17) is 4.98 Å². The molecule has 30 heavy (non-hydrogen) atoms. The number of pyridine rings is 2. The third-order valence-corrected chi connectivity index (χ3v) is 9.04. The third-order valence-electron chi connectivity index (χ3n) is 7.03. The standard InChI is InChI=1S/C23H30N4O2S/c1-16-3-2-12-27(14-16)30(28,29)15-17-4-6-18(7-5-17)22-21-19(8-10-24-22)13-26-23-20(21)9-11-25-23/h8-11,13,16-18H,2-7,12,14-15H2,1H3,(H,25,26). The number of hydrogen-bond acceptors (Lipinski definition) is 4. The zero-order chi connectivity index (χ0) is 20.7. The van der Waals surface area contributed by atoms with Crippen molar-refractivity contribution in [2.75, 3.05) is 18.8 Å². The van der Waals surface area contributed by atoms with Gasteiger partial charge < -0.3 is 4.98 Å². The van der Waals surface area contributed by atoms with Gasteiger partial charge in [0, 0.05) is 53.8 Å². The largest absolute Gasteiger partial charge is 0.346 e. The molecule has 0 bridgehead atoms. The van der Waals surface area contributed by atoms with E-state index in [0.29, 0.717) is 30.7 Å². The number of rotatable bonds is 4. The number of aromatic amines is 1. The van der Waals surface area contributed by atoms with Gasteiger partial charge in [0.1, 0.15) is 5.65 Å². The Morgan fingerprint density at radius 2 is 1.97 bits per heavy atom. The fourth-order valence-electron chi connectivity index (χ4n) is 5.41. The van der Waals surface area contributed by atoms with Gasteiger partial charge in [0.05, 0.1) is 11.4 Å². The van der Waals surface area contributed by atoms with Crippen molar-refractivity contribution in [2.45, 2.75) is 51.4 Å². The molecule has 160 valence electrons. The van der Waals surface area contributed by atoms with Gasteiger partial charge in [-0.3, -0.25) is 4.98 Å². The van der Waals surface area contributed by atoms with E-state index in [1.165, 1.54) is 5.39 Å². The average molecular weight is 427 g/mol. The first-order chi connectivity index (χ1) is 14.5. The Morgan fingerprint density at radius 1 is 1.13 bits per heavy atom. The summed E-state index contributed by atoms with van der Waals surface area (Å²) >= 11 is 0. The maximum absolute atomic E-state index is 12.9. The number of sulfonamides is 1. The van der Waals surface area contributed by atoms with Crippen LogP contribution in [0.4, 0.5) is 0 Å². The smallest absolute Gasteiger partial charge is 0.214 e. The predicted octanol–water partition coefficient (Wildman–Crippen LogP) is 4.45. The molecule has 1 aliphatic heterocycles. The summed E-state index contributed by atoms with van der Waals surface area (Å²) in [6.45, 7) is 3.54. The van der Waals surface area contributed by atoms with Crippen LogP contribution in [0, 0.1) is 11.8 Å². The highest BCUT2D eigenvalue weighted by Crippen LogP contribution is 2.39. The lowest BCUT2D eigenvalue weighted by molar-refractivity contribution is 0.275. The van der Waals surface area contributed by atoms with Crippen molar-refractivity contribution in [2.24, 2.45) is 11.8 Å². The van der Waals surface area contributed by atoms with Crippen LogP contribution in [0.2, 0.25) is 0 Å². The van der Waals surface area contributed by atoms with Gasteiger partial charge in [-0.25, -0.2) is 17.7 Å². The second-order valence-electron chi connectivity index (χ2n) is 9.26. The highest BCUT2D eigenvalue weighted by molar-refractivity contribution is 7.89. The highest BCUT2D eigenvalue weighted by atomic mass is 32.2. The van der Waals surface area contributed by atoms with Crippen LogP contribution in [0.15, 0.2) is 30.7 Å². The van der Waals surface area contributed by atoms with Crippen LogP contribution in [-0.4, -0.2) is 46.5 Å². The number of piperidine rings is 1. The topological polar surface area (TPSA) is 79.0 Å². The van der Waals surface area contributed by atoms with Gasteiger partial charge in [-0.15, -0.1) is 0 Å².